The van der Waals surface area contributed by atoms with E-state index >= 15 is 0 Å². The Bertz CT molecular complexity index is 471. The number of rotatable bonds is 4. The molecule has 0 radical (unpaired) electrons. The second-order valence-electron chi connectivity index (χ2n) is 4.42. The highest BCUT2D eigenvalue weighted by Gasteiger charge is 2.03. The van der Waals surface area contributed by atoms with Gasteiger partial charge in [0.1, 0.15) is 0 Å². The van der Waals surface area contributed by atoms with E-state index in [9.17, 15) is 0 Å². The lowest BCUT2D eigenvalue weighted by molar-refractivity contribution is 0.386. The fourth-order valence-electron chi connectivity index (χ4n) is 1.82. The molecule has 0 unspecified atom stereocenters. The summed E-state index contributed by atoms with van der Waals surface area (Å²) in [5.41, 5.74) is 3.70. The van der Waals surface area contributed by atoms with Crippen LogP contribution >= 0.6 is 0 Å². The Balaban J connectivity index is 2.27. The number of nitrogens with zero attached hydrogens (tertiary/aromatic N) is 3. The Morgan fingerprint density at radius 1 is 1.31 bits per heavy atom. The third-order valence-electron chi connectivity index (χ3n) is 2.88. The SMILES string of the molecule is CCc1ccc2c(c1)ncn2CCN(C)C. The quantitative estimate of drug-likeness (QED) is 0.782. The molecule has 1 heterocycles. The normalized spacial score (nSPS) is 11.5. The number of aromatic nitrogens is 2. The summed E-state index contributed by atoms with van der Waals surface area (Å²) in [5, 5.41) is 0. The van der Waals surface area contributed by atoms with Crippen LogP contribution in [-0.2, 0) is 13.0 Å². The Morgan fingerprint density at radius 2 is 2.12 bits per heavy atom. The Hall–Kier alpha value is -1.35. The third kappa shape index (κ3) is 2.25. The van der Waals surface area contributed by atoms with Crippen LogP contribution in [0.25, 0.3) is 11.0 Å². The first-order valence-corrected chi connectivity index (χ1v) is 5.79. The number of likely N-dealkylation sites (N-methyl/N-ethyl adjacent to an activating group) is 1. The minimum Gasteiger partial charge on any atom is -0.329 e. The van der Waals surface area contributed by atoms with Crippen LogP contribution in [0, 0.1) is 0 Å². The molecule has 0 aliphatic rings. The summed E-state index contributed by atoms with van der Waals surface area (Å²) in [6.45, 7) is 4.21. The minimum absolute atomic E-state index is 0.995. The van der Waals surface area contributed by atoms with Crippen LogP contribution < -0.4 is 0 Å². The molecule has 0 fully saturated rings. The molecule has 2 rings (SSSR count). The standard InChI is InChI=1S/C13H19N3/c1-4-11-5-6-13-12(9-11)14-10-16(13)8-7-15(2)3/h5-6,9-10H,4,7-8H2,1-3H3. The summed E-state index contributed by atoms with van der Waals surface area (Å²) in [6, 6.07) is 6.55. The Labute approximate surface area is 96.7 Å². The molecule has 0 saturated heterocycles. The van der Waals surface area contributed by atoms with E-state index in [2.05, 4.69) is 53.7 Å². The lowest BCUT2D eigenvalue weighted by atomic mass is 10.1. The predicted octanol–water partition coefficient (Wildman–Crippen LogP) is 2.16. The van der Waals surface area contributed by atoms with Crippen LogP contribution in [0.4, 0.5) is 0 Å². The summed E-state index contributed by atoms with van der Waals surface area (Å²) < 4.78 is 2.22. The van der Waals surface area contributed by atoms with E-state index < -0.39 is 0 Å². The number of hydrogen-bond donors (Lipinski definition) is 0. The van der Waals surface area contributed by atoms with Crippen molar-refractivity contribution in [3.63, 3.8) is 0 Å². The summed E-state index contributed by atoms with van der Waals surface area (Å²) in [6.07, 6.45) is 3.01. The molecule has 16 heavy (non-hydrogen) atoms. The van der Waals surface area contributed by atoms with Crippen LogP contribution in [0.5, 0.6) is 0 Å². The molecule has 1 aromatic carbocycles. The van der Waals surface area contributed by atoms with Gasteiger partial charge in [0.15, 0.2) is 0 Å². The lowest BCUT2D eigenvalue weighted by Gasteiger charge is -2.10. The molecule has 2 aromatic rings. The zero-order chi connectivity index (χ0) is 11.5. The second kappa shape index (κ2) is 4.66. The Morgan fingerprint density at radius 3 is 2.81 bits per heavy atom. The Kier molecular flexibility index (Phi) is 3.25. The predicted molar refractivity (Wildman–Crippen MR) is 67.7 cm³/mol. The summed E-state index contributed by atoms with van der Waals surface area (Å²) in [7, 11) is 4.18. The van der Waals surface area contributed by atoms with E-state index in [0.717, 1.165) is 25.0 Å². The maximum Gasteiger partial charge on any atom is 0.0958 e. The van der Waals surface area contributed by atoms with Gasteiger partial charge in [-0.05, 0) is 38.2 Å². The van der Waals surface area contributed by atoms with Gasteiger partial charge in [0, 0.05) is 13.1 Å². The molecule has 0 N–H and O–H groups in total. The van der Waals surface area contributed by atoms with E-state index in [4.69, 9.17) is 0 Å². The van der Waals surface area contributed by atoms with E-state index in [1.54, 1.807) is 0 Å². The molecule has 0 amide bonds. The van der Waals surface area contributed by atoms with Gasteiger partial charge in [-0.25, -0.2) is 4.98 Å². The fraction of sp³-hybridized carbons (Fsp3) is 0.462. The van der Waals surface area contributed by atoms with Gasteiger partial charge in [0.25, 0.3) is 0 Å². The molecule has 86 valence electrons. The van der Waals surface area contributed by atoms with Crippen molar-refractivity contribution in [3.8, 4) is 0 Å². The number of hydrogen-bond acceptors (Lipinski definition) is 2. The molecule has 0 aliphatic heterocycles. The molecule has 0 spiro atoms. The van der Waals surface area contributed by atoms with Crippen molar-refractivity contribution < 1.29 is 0 Å². The zero-order valence-electron chi connectivity index (χ0n) is 10.3. The van der Waals surface area contributed by atoms with Crippen LogP contribution in [0.15, 0.2) is 24.5 Å². The molecular formula is C13H19N3. The van der Waals surface area contributed by atoms with Crippen molar-refractivity contribution in [1.29, 1.82) is 0 Å². The van der Waals surface area contributed by atoms with Crippen LogP contribution in [0.1, 0.15) is 12.5 Å². The smallest absolute Gasteiger partial charge is 0.0958 e. The zero-order valence-corrected chi connectivity index (χ0v) is 10.3. The van der Waals surface area contributed by atoms with Crippen molar-refractivity contribution in [2.45, 2.75) is 19.9 Å². The van der Waals surface area contributed by atoms with Crippen molar-refractivity contribution in [2.24, 2.45) is 0 Å². The van der Waals surface area contributed by atoms with Gasteiger partial charge in [-0.1, -0.05) is 13.0 Å². The first-order chi connectivity index (χ1) is 7.70. The summed E-state index contributed by atoms with van der Waals surface area (Å²) in [4.78, 5) is 6.64. The van der Waals surface area contributed by atoms with Crippen molar-refractivity contribution in [1.82, 2.24) is 14.5 Å². The van der Waals surface area contributed by atoms with Gasteiger partial charge < -0.3 is 9.47 Å². The molecule has 3 heteroatoms. The average Bonchev–Trinajstić information content (AvgIpc) is 2.68. The van der Waals surface area contributed by atoms with Crippen LogP contribution in [0.2, 0.25) is 0 Å². The first-order valence-electron chi connectivity index (χ1n) is 5.79. The highest BCUT2D eigenvalue weighted by molar-refractivity contribution is 5.76. The molecule has 0 saturated carbocycles. The molecule has 3 nitrogen and oxygen atoms in total. The van der Waals surface area contributed by atoms with Crippen LogP contribution in [-0.4, -0.2) is 35.1 Å². The van der Waals surface area contributed by atoms with E-state index in [1.807, 2.05) is 6.33 Å². The van der Waals surface area contributed by atoms with Crippen molar-refractivity contribution in [3.05, 3.63) is 30.1 Å². The monoisotopic (exact) mass is 217 g/mol. The number of benzene rings is 1. The van der Waals surface area contributed by atoms with Gasteiger partial charge in [0.05, 0.1) is 17.4 Å². The fourth-order valence-corrected chi connectivity index (χ4v) is 1.82. The molecule has 0 atom stereocenters. The van der Waals surface area contributed by atoms with Crippen molar-refractivity contribution in [2.75, 3.05) is 20.6 Å². The van der Waals surface area contributed by atoms with Gasteiger partial charge in [-0.2, -0.15) is 0 Å². The number of fused-ring (bicyclic) bond motifs is 1. The van der Waals surface area contributed by atoms with E-state index in [-0.39, 0.29) is 0 Å². The number of aryl methyl sites for hydroxylation is 1. The van der Waals surface area contributed by atoms with E-state index in [1.165, 1.54) is 11.1 Å². The minimum atomic E-state index is 0.995. The molecule has 1 aromatic heterocycles. The van der Waals surface area contributed by atoms with Gasteiger partial charge >= 0.3 is 0 Å². The second-order valence-corrected chi connectivity index (χ2v) is 4.42. The lowest BCUT2D eigenvalue weighted by Crippen LogP contribution is -2.17. The topological polar surface area (TPSA) is 21.1 Å². The van der Waals surface area contributed by atoms with Gasteiger partial charge in [-0.3, -0.25) is 0 Å². The van der Waals surface area contributed by atoms with Gasteiger partial charge in [0.2, 0.25) is 0 Å². The van der Waals surface area contributed by atoms with Gasteiger partial charge in [-0.15, -0.1) is 0 Å². The van der Waals surface area contributed by atoms with Crippen LogP contribution in [0.3, 0.4) is 0 Å². The highest BCUT2D eigenvalue weighted by atomic mass is 15.1. The molecule has 0 bridgehead atoms. The highest BCUT2D eigenvalue weighted by Crippen LogP contribution is 2.15. The number of imidazole rings is 1. The summed E-state index contributed by atoms with van der Waals surface area (Å²) >= 11 is 0. The average molecular weight is 217 g/mol. The summed E-state index contributed by atoms with van der Waals surface area (Å²) in [5.74, 6) is 0. The first kappa shape index (κ1) is 11.1. The maximum absolute atomic E-state index is 4.45. The molecular weight excluding hydrogens is 198 g/mol. The molecule has 0 aliphatic carbocycles. The van der Waals surface area contributed by atoms with E-state index in [0.29, 0.717) is 0 Å². The largest absolute Gasteiger partial charge is 0.329 e. The van der Waals surface area contributed by atoms with Crippen molar-refractivity contribution >= 4 is 11.0 Å². The maximum atomic E-state index is 4.45. The third-order valence-corrected chi connectivity index (χ3v) is 2.88.